The van der Waals surface area contributed by atoms with E-state index >= 15 is 0 Å². The van der Waals surface area contributed by atoms with Crippen LogP contribution < -0.4 is 15.4 Å². The number of urea groups is 1. The van der Waals surface area contributed by atoms with Crippen LogP contribution in [0.15, 0.2) is 47.4 Å². The van der Waals surface area contributed by atoms with Gasteiger partial charge in [0.2, 0.25) is 0 Å². The first-order valence-electron chi connectivity index (χ1n) is 7.70. The quantitative estimate of drug-likeness (QED) is 0.842. The minimum absolute atomic E-state index is 0.288. The fourth-order valence-corrected chi connectivity index (χ4v) is 2.66. The van der Waals surface area contributed by atoms with Gasteiger partial charge in [-0.1, -0.05) is 18.2 Å². The fourth-order valence-electron chi connectivity index (χ4n) is 2.15. The molecule has 0 aliphatic heterocycles. The predicted molar refractivity (Wildman–Crippen MR) is 97.0 cm³/mol. The maximum atomic E-state index is 12.0. The first-order chi connectivity index (χ1) is 11.5. The van der Waals surface area contributed by atoms with E-state index in [0.29, 0.717) is 18.8 Å². The molecule has 24 heavy (non-hydrogen) atoms. The van der Waals surface area contributed by atoms with Gasteiger partial charge in [0.1, 0.15) is 5.75 Å². The van der Waals surface area contributed by atoms with E-state index < -0.39 is 10.8 Å². The highest BCUT2D eigenvalue weighted by Crippen LogP contribution is 2.22. The fraction of sp³-hybridized carbons (Fsp3) is 0.278. The number of rotatable bonds is 6. The third-order valence-electron chi connectivity index (χ3n) is 3.45. The molecule has 1 unspecified atom stereocenters. The molecule has 5 nitrogen and oxygen atoms in total. The highest BCUT2D eigenvalue weighted by molar-refractivity contribution is 7.84. The Hall–Kier alpha value is -2.34. The molecule has 0 radical (unpaired) electrons. The van der Waals surface area contributed by atoms with Crippen molar-refractivity contribution in [2.75, 3.05) is 18.2 Å². The second kappa shape index (κ2) is 8.49. The maximum absolute atomic E-state index is 12.0. The van der Waals surface area contributed by atoms with E-state index in [4.69, 9.17) is 4.74 Å². The summed E-state index contributed by atoms with van der Waals surface area (Å²) in [5.41, 5.74) is 2.65. The Morgan fingerprint density at radius 2 is 1.88 bits per heavy atom. The van der Waals surface area contributed by atoms with Crippen molar-refractivity contribution in [1.29, 1.82) is 0 Å². The van der Waals surface area contributed by atoms with Crippen LogP contribution in [0.5, 0.6) is 5.75 Å². The van der Waals surface area contributed by atoms with Crippen LogP contribution >= 0.6 is 0 Å². The molecule has 0 spiro atoms. The largest absolute Gasteiger partial charge is 0.494 e. The van der Waals surface area contributed by atoms with Gasteiger partial charge in [0.05, 0.1) is 6.61 Å². The molecule has 0 fully saturated rings. The second-order valence-electron chi connectivity index (χ2n) is 5.32. The summed E-state index contributed by atoms with van der Waals surface area (Å²) in [6, 6.07) is 12.6. The Kier molecular flexibility index (Phi) is 6.37. The molecule has 0 heterocycles. The van der Waals surface area contributed by atoms with Crippen LogP contribution in [0, 0.1) is 6.92 Å². The van der Waals surface area contributed by atoms with E-state index in [2.05, 4.69) is 10.6 Å². The highest BCUT2D eigenvalue weighted by atomic mass is 32.2. The molecular formula is C18H22N2O3S. The molecule has 0 aliphatic rings. The van der Waals surface area contributed by atoms with E-state index in [-0.39, 0.29) is 6.03 Å². The van der Waals surface area contributed by atoms with Crippen LogP contribution in [0.2, 0.25) is 0 Å². The summed E-state index contributed by atoms with van der Waals surface area (Å²) in [4.78, 5) is 12.8. The summed E-state index contributed by atoms with van der Waals surface area (Å²) in [7, 11) is -0.994. The van der Waals surface area contributed by atoms with Crippen molar-refractivity contribution in [3.63, 3.8) is 0 Å². The van der Waals surface area contributed by atoms with Gasteiger partial charge >= 0.3 is 6.03 Å². The van der Waals surface area contributed by atoms with Crippen LogP contribution in [0.3, 0.4) is 0 Å². The highest BCUT2D eigenvalue weighted by Gasteiger charge is 2.05. The van der Waals surface area contributed by atoms with Crippen molar-refractivity contribution >= 4 is 22.5 Å². The summed E-state index contributed by atoms with van der Waals surface area (Å²) in [6.45, 7) is 4.86. The first-order valence-corrected chi connectivity index (χ1v) is 9.26. The molecular weight excluding hydrogens is 324 g/mol. The van der Waals surface area contributed by atoms with Crippen LogP contribution in [-0.2, 0) is 17.3 Å². The predicted octanol–water partition coefficient (Wildman–Crippen LogP) is 3.45. The summed E-state index contributed by atoms with van der Waals surface area (Å²) < 4.78 is 16.9. The maximum Gasteiger partial charge on any atom is 0.319 e. The summed E-state index contributed by atoms with van der Waals surface area (Å²) in [6.07, 6.45) is 1.64. The minimum atomic E-state index is -0.994. The van der Waals surface area contributed by atoms with Gasteiger partial charge in [-0.2, -0.15) is 0 Å². The van der Waals surface area contributed by atoms with E-state index in [1.165, 1.54) is 0 Å². The number of carbonyl (C=O) groups is 1. The zero-order valence-electron chi connectivity index (χ0n) is 14.1. The summed E-state index contributed by atoms with van der Waals surface area (Å²) in [5.74, 6) is 0.762. The van der Waals surface area contributed by atoms with Crippen molar-refractivity contribution < 1.29 is 13.7 Å². The first kappa shape index (κ1) is 18.0. The molecule has 2 rings (SSSR count). The van der Waals surface area contributed by atoms with Crippen molar-refractivity contribution in [3.8, 4) is 5.75 Å². The normalized spacial score (nSPS) is 11.6. The van der Waals surface area contributed by atoms with Gasteiger partial charge in [-0.3, -0.25) is 4.21 Å². The van der Waals surface area contributed by atoms with Gasteiger partial charge < -0.3 is 15.4 Å². The average Bonchev–Trinajstić information content (AvgIpc) is 2.56. The molecule has 0 aliphatic carbocycles. The molecule has 0 saturated heterocycles. The minimum Gasteiger partial charge on any atom is -0.494 e. The molecule has 128 valence electrons. The lowest BCUT2D eigenvalue weighted by molar-refractivity contribution is 0.251. The lowest BCUT2D eigenvalue weighted by atomic mass is 10.2. The smallest absolute Gasteiger partial charge is 0.319 e. The number of hydrogen-bond donors (Lipinski definition) is 2. The van der Waals surface area contributed by atoms with Gasteiger partial charge in [0.25, 0.3) is 0 Å². The Balaban J connectivity index is 1.91. The van der Waals surface area contributed by atoms with Crippen molar-refractivity contribution in [3.05, 3.63) is 53.6 Å². The van der Waals surface area contributed by atoms with E-state index in [9.17, 15) is 9.00 Å². The lowest BCUT2D eigenvalue weighted by Crippen LogP contribution is -2.28. The molecule has 1 atom stereocenters. The Morgan fingerprint density at radius 3 is 2.50 bits per heavy atom. The number of amides is 2. The monoisotopic (exact) mass is 346 g/mol. The van der Waals surface area contributed by atoms with Gasteiger partial charge in [-0.25, -0.2) is 4.79 Å². The standard InChI is InChI=1S/C18H22N2O3S/c1-4-23-17-11-15(8-5-13(17)2)20-18(21)19-12-14-6-9-16(10-7-14)24(3)22/h5-11H,4,12H2,1-3H3,(H2,19,20,21). The zero-order valence-corrected chi connectivity index (χ0v) is 14.9. The Morgan fingerprint density at radius 1 is 1.17 bits per heavy atom. The van der Waals surface area contributed by atoms with Crippen molar-refractivity contribution in [2.24, 2.45) is 0 Å². The molecule has 0 saturated carbocycles. The average molecular weight is 346 g/mol. The van der Waals surface area contributed by atoms with Gasteiger partial charge in [0.15, 0.2) is 0 Å². The van der Waals surface area contributed by atoms with E-state index in [1.54, 1.807) is 18.4 Å². The summed E-state index contributed by atoms with van der Waals surface area (Å²) in [5, 5.41) is 5.58. The van der Waals surface area contributed by atoms with E-state index in [0.717, 1.165) is 21.8 Å². The molecule has 6 heteroatoms. The number of ether oxygens (including phenoxy) is 1. The molecule has 2 amide bonds. The van der Waals surface area contributed by atoms with Crippen molar-refractivity contribution in [1.82, 2.24) is 5.32 Å². The van der Waals surface area contributed by atoms with Crippen LogP contribution in [0.4, 0.5) is 10.5 Å². The van der Waals surface area contributed by atoms with Crippen LogP contribution in [0.25, 0.3) is 0 Å². The third-order valence-corrected chi connectivity index (χ3v) is 4.39. The third kappa shape index (κ3) is 5.09. The number of anilines is 1. The topological polar surface area (TPSA) is 67.4 Å². The van der Waals surface area contributed by atoms with Crippen LogP contribution in [0.1, 0.15) is 18.1 Å². The van der Waals surface area contributed by atoms with Gasteiger partial charge in [-0.15, -0.1) is 0 Å². The number of nitrogens with one attached hydrogen (secondary N) is 2. The number of hydrogen-bond acceptors (Lipinski definition) is 3. The number of carbonyl (C=O) groups excluding carboxylic acids is 1. The van der Waals surface area contributed by atoms with Gasteiger partial charge in [-0.05, 0) is 43.2 Å². The molecule has 0 aromatic heterocycles. The molecule has 0 bridgehead atoms. The second-order valence-corrected chi connectivity index (χ2v) is 6.70. The molecule has 2 aromatic rings. The SMILES string of the molecule is CCOc1cc(NC(=O)NCc2ccc(S(C)=O)cc2)ccc1C. The molecule has 2 N–H and O–H groups in total. The molecule has 2 aromatic carbocycles. The number of benzene rings is 2. The Labute approximate surface area is 144 Å². The van der Waals surface area contributed by atoms with Gasteiger partial charge in [0, 0.05) is 40.2 Å². The zero-order chi connectivity index (χ0) is 17.5. The lowest BCUT2D eigenvalue weighted by Gasteiger charge is -2.11. The summed E-state index contributed by atoms with van der Waals surface area (Å²) >= 11 is 0. The van der Waals surface area contributed by atoms with E-state index in [1.807, 2.05) is 44.2 Å². The van der Waals surface area contributed by atoms with Crippen LogP contribution in [-0.4, -0.2) is 23.1 Å². The van der Waals surface area contributed by atoms with Crippen molar-refractivity contribution in [2.45, 2.75) is 25.3 Å². The Bertz CT molecular complexity index is 730. The number of aryl methyl sites for hydroxylation is 1.